The van der Waals surface area contributed by atoms with Crippen LogP contribution >= 0.6 is 11.6 Å². The number of nitrogens with two attached hydrogens (primary N) is 1. The van der Waals surface area contributed by atoms with Crippen molar-refractivity contribution in [2.24, 2.45) is 16.5 Å². The topological polar surface area (TPSA) is 215 Å². The maximum Gasteiger partial charge on any atom is 0.339 e. The zero-order valence-corrected chi connectivity index (χ0v) is 40.2. The summed E-state index contributed by atoms with van der Waals surface area (Å²) in [5.74, 6) is -0.167. The number of piperazine rings is 1. The van der Waals surface area contributed by atoms with E-state index in [2.05, 4.69) is 46.1 Å². The molecule has 68 heavy (non-hydrogen) atoms. The first-order chi connectivity index (χ1) is 32.6. The summed E-state index contributed by atoms with van der Waals surface area (Å²) in [6.07, 6.45) is 8.95. The number of aromatic nitrogens is 2. The highest BCUT2D eigenvalue weighted by Crippen LogP contribution is 2.44. The Kier molecular flexibility index (Phi) is 15.3. The van der Waals surface area contributed by atoms with Crippen LogP contribution in [0.3, 0.4) is 0 Å². The first-order valence-corrected chi connectivity index (χ1v) is 25.3. The molecule has 18 heteroatoms. The lowest BCUT2D eigenvalue weighted by Crippen LogP contribution is -2.47. The molecule has 4 heterocycles. The van der Waals surface area contributed by atoms with Crippen LogP contribution in [-0.4, -0.2) is 98.4 Å². The average molecular weight is 971 g/mol. The number of primary sulfonamides is 1. The van der Waals surface area contributed by atoms with E-state index < -0.39 is 31.5 Å². The van der Waals surface area contributed by atoms with Gasteiger partial charge in [-0.2, -0.15) is 0 Å². The van der Waals surface area contributed by atoms with Gasteiger partial charge in [-0.15, -0.1) is 0 Å². The van der Waals surface area contributed by atoms with Crippen LogP contribution in [0.2, 0.25) is 5.02 Å². The predicted octanol–water partition coefficient (Wildman–Crippen LogP) is 9.68. The highest BCUT2D eigenvalue weighted by Gasteiger charge is 2.30. The number of nitrogens with zero attached hydrogens (tertiary/aromatic N) is 4. The Bertz CT molecular complexity index is 2770. The van der Waals surface area contributed by atoms with Crippen LogP contribution < -0.4 is 24.8 Å². The zero-order chi connectivity index (χ0) is 48.0. The van der Waals surface area contributed by atoms with Crippen LogP contribution in [0.25, 0.3) is 16.6 Å². The summed E-state index contributed by atoms with van der Waals surface area (Å²) in [6.45, 7) is 10.6. The van der Waals surface area contributed by atoms with Crippen molar-refractivity contribution in [1.82, 2.24) is 14.9 Å². The van der Waals surface area contributed by atoms with Gasteiger partial charge in [-0.25, -0.2) is 23.3 Å². The minimum atomic E-state index is -4.27. The van der Waals surface area contributed by atoms with Gasteiger partial charge < -0.3 is 34.5 Å². The number of rotatable bonds is 19. The van der Waals surface area contributed by atoms with E-state index in [-0.39, 0.29) is 40.7 Å². The van der Waals surface area contributed by atoms with E-state index in [1.54, 1.807) is 12.3 Å². The van der Waals surface area contributed by atoms with Gasteiger partial charge in [-0.1, -0.05) is 43.2 Å². The number of fused-ring (bicyclic) bond motifs is 1. The number of pyridine rings is 1. The first-order valence-electron chi connectivity index (χ1n) is 23.4. The summed E-state index contributed by atoms with van der Waals surface area (Å²) in [5.41, 5.74) is 6.30. The molecular formula is C50H60ClN7O9S. The molecule has 16 nitrogen and oxygen atoms in total. The SMILES string of the molecule is CC1(C)CCC(CN2CCN(c3ccc(C(=O)O)c(Oc4cc5cc[nH]c5nc4CCCCCOc4cc(S(N)(=O)=O)cc([N+](=O)[O-])c4NCC4CCOCC4)c3)CC2)=C(c2ccc(Cl)cc2)C1. The van der Waals surface area contributed by atoms with Crippen LogP contribution in [0, 0.1) is 21.4 Å². The summed E-state index contributed by atoms with van der Waals surface area (Å²) >= 11 is 6.25. The molecule has 2 aliphatic heterocycles. The van der Waals surface area contributed by atoms with E-state index in [0.717, 1.165) is 87.0 Å². The highest BCUT2D eigenvalue weighted by atomic mass is 35.5. The number of aromatic amines is 1. The molecular weight excluding hydrogens is 910 g/mol. The number of aromatic carboxylic acids is 1. The number of sulfonamides is 1. The van der Waals surface area contributed by atoms with Gasteiger partial charge in [0.25, 0.3) is 5.69 Å². The number of nitro groups is 1. The van der Waals surface area contributed by atoms with Gasteiger partial charge in [0.2, 0.25) is 10.0 Å². The number of aryl methyl sites for hydroxylation is 1. The number of ether oxygens (including phenoxy) is 3. The molecule has 2 aromatic heterocycles. The second-order valence-corrected chi connectivity index (χ2v) is 20.8. The number of nitro benzene ring substituents is 1. The molecule has 5 N–H and O–H groups in total. The third kappa shape index (κ3) is 12.1. The summed E-state index contributed by atoms with van der Waals surface area (Å²) in [6, 6.07) is 19.4. The summed E-state index contributed by atoms with van der Waals surface area (Å²) in [4.78, 5) is 36.5. The fraction of sp³-hybridized carbons (Fsp3) is 0.440. The van der Waals surface area contributed by atoms with Crippen molar-refractivity contribution in [2.75, 3.05) is 69.3 Å². The molecule has 2 fully saturated rings. The van der Waals surface area contributed by atoms with Crippen LogP contribution in [0.5, 0.6) is 17.2 Å². The van der Waals surface area contributed by atoms with Crippen molar-refractivity contribution in [1.29, 1.82) is 0 Å². The van der Waals surface area contributed by atoms with E-state index in [0.29, 0.717) is 62.5 Å². The number of benzene rings is 3. The summed E-state index contributed by atoms with van der Waals surface area (Å²) < 4.78 is 42.7. The Labute approximate surface area is 402 Å². The monoisotopic (exact) mass is 969 g/mol. The predicted molar refractivity (Wildman–Crippen MR) is 264 cm³/mol. The minimum Gasteiger partial charge on any atom is -0.491 e. The molecule has 0 spiro atoms. The van der Waals surface area contributed by atoms with E-state index in [1.165, 1.54) is 22.8 Å². The number of carboxylic acids is 1. The Morgan fingerprint density at radius 2 is 1.78 bits per heavy atom. The molecule has 5 aromatic rings. The molecule has 0 atom stereocenters. The first kappa shape index (κ1) is 48.7. The molecule has 0 amide bonds. The number of unbranched alkanes of at least 4 members (excludes halogenated alkanes) is 2. The van der Waals surface area contributed by atoms with Gasteiger partial charge >= 0.3 is 5.97 Å². The zero-order valence-electron chi connectivity index (χ0n) is 38.6. The number of allylic oxidation sites excluding steroid dienone is 1. The Morgan fingerprint density at radius 1 is 1.01 bits per heavy atom. The highest BCUT2D eigenvalue weighted by molar-refractivity contribution is 7.89. The van der Waals surface area contributed by atoms with Crippen LogP contribution in [0.4, 0.5) is 17.1 Å². The minimum absolute atomic E-state index is 0.0355. The molecule has 0 bridgehead atoms. The standard InChI is InChI=1S/C50H60ClN7O9S/c1-50(2)17-13-36(41(30-50)34-7-9-37(51)10-8-34)32-56-19-21-57(22-20-56)38-11-12-40(49(59)60)44(27-38)67-45-26-35-14-18-53-48(35)55-42(45)6-4-3-5-23-66-46-29-39(68(52,63)64)28-43(58(61)62)47(46)54-31-33-15-24-65-25-16-33/h7-12,14,18,26-29,33,54H,3-6,13,15-17,19-25,30-32H2,1-2H3,(H,53,55)(H,59,60)(H2,52,63,64). The lowest BCUT2D eigenvalue weighted by atomic mass is 9.72. The van der Waals surface area contributed by atoms with Crippen LogP contribution in [0.1, 0.15) is 86.8 Å². The van der Waals surface area contributed by atoms with E-state index >= 15 is 0 Å². The molecule has 3 aromatic carbocycles. The van der Waals surface area contributed by atoms with Crippen LogP contribution in [0.15, 0.2) is 83.4 Å². The second kappa shape index (κ2) is 21.3. The number of carboxylic acid groups (broad SMARTS) is 1. The average Bonchev–Trinajstić information content (AvgIpc) is 3.77. The lowest BCUT2D eigenvalue weighted by Gasteiger charge is -2.39. The molecule has 8 rings (SSSR count). The van der Waals surface area contributed by atoms with Crippen molar-refractivity contribution in [3.05, 3.63) is 110 Å². The van der Waals surface area contributed by atoms with Gasteiger partial charge in [0, 0.05) is 93.0 Å². The van der Waals surface area contributed by atoms with Crippen molar-refractivity contribution >= 4 is 61.3 Å². The second-order valence-electron chi connectivity index (χ2n) is 18.8. The molecule has 3 aliphatic rings. The lowest BCUT2D eigenvalue weighted by molar-refractivity contribution is -0.384. The van der Waals surface area contributed by atoms with Gasteiger partial charge in [0.05, 0.1) is 22.1 Å². The molecule has 0 unspecified atom stereocenters. The number of H-pyrrole nitrogens is 1. The van der Waals surface area contributed by atoms with Crippen molar-refractivity contribution in [3.8, 4) is 17.2 Å². The maximum absolute atomic E-state index is 12.6. The molecule has 362 valence electrons. The third-order valence-electron chi connectivity index (χ3n) is 13.3. The normalized spacial score (nSPS) is 17.1. The number of hydrogen-bond acceptors (Lipinski definition) is 12. The molecule has 1 aliphatic carbocycles. The largest absolute Gasteiger partial charge is 0.491 e. The van der Waals surface area contributed by atoms with Gasteiger partial charge in [-0.05, 0) is 117 Å². The van der Waals surface area contributed by atoms with E-state index in [4.69, 9.17) is 35.9 Å². The van der Waals surface area contributed by atoms with Gasteiger partial charge in [-0.3, -0.25) is 15.0 Å². The fourth-order valence-corrected chi connectivity index (χ4v) is 10.1. The Morgan fingerprint density at radius 3 is 2.50 bits per heavy atom. The van der Waals surface area contributed by atoms with Crippen LogP contribution in [-0.2, 0) is 21.2 Å². The van der Waals surface area contributed by atoms with Crippen molar-refractivity contribution < 1.29 is 37.5 Å². The smallest absolute Gasteiger partial charge is 0.339 e. The van der Waals surface area contributed by atoms with Gasteiger partial charge in [0.1, 0.15) is 22.7 Å². The quantitative estimate of drug-likeness (QED) is 0.0345. The summed E-state index contributed by atoms with van der Waals surface area (Å²) in [7, 11) is -4.27. The van der Waals surface area contributed by atoms with Crippen molar-refractivity contribution in [3.63, 3.8) is 0 Å². The number of halogens is 1. The van der Waals surface area contributed by atoms with Crippen molar-refractivity contribution in [2.45, 2.75) is 76.5 Å². The van der Waals surface area contributed by atoms with Gasteiger partial charge in [0.15, 0.2) is 11.4 Å². The summed E-state index contributed by atoms with van der Waals surface area (Å²) in [5, 5.41) is 32.5. The maximum atomic E-state index is 12.6. The third-order valence-corrected chi connectivity index (χ3v) is 14.5. The Balaban J connectivity index is 0.922. The number of hydrogen-bond donors (Lipinski definition) is 4. The molecule has 0 saturated carbocycles. The number of carbonyl (C=O) groups is 1. The number of anilines is 2. The Hall–Kier alpha value is -5.72. The molecule has 2 saturated heterocycles. The molecule has 0 radical (unpaired) electrons. The van der Waals surface area contributed by atoms with E-state index in [9.17, 15) is 28.4 Å². The number of nitrogens with one attached hydrogen (secondary N) is 2. The van der Waals surface area contributed by atoms with E-state index in [1.807, 2.05) is 36.4 Å². The fourth-order valence-electron chi connectivity index (χ4n) is 9.38.